The van der Waals surface area contributed by atoms with E-state index in [0.717, 1.165) is 6.26 Å². The van der Waals surface area contributed by atoms with E-state index in [0.29, 0.717) is 6.07 Å². The minimum Gasteiger partial charge on any atom is -0.485 e. The number of nitrogens with one attached hydrogen (secondary N) is 1. The molecule has 1 unspecified atom stereocenters. The van der Waals surface area contributed by atoms with Gasteiger partial charge in [-0.1, -0.05) is 0 Å². The van der Waals surface area contributed by atoms with Gasteiger partial charge in [0.15, 0.2) is 23.2 Å². The standard InChI is InChI=1S/C14H13ClF3N3O4S/c1-19-13-11(5-20-14(15)21-13)24-6-12(25-26(2,22)23)7-3-9(17)10(18)4-8(7)16/h3-5,12H,6H2,1-2H3,(H,19,20,21). The maximum atomic E-state index is 14.0. The molecule has 0 bridgehead atoms. The minimum absolute atomic E-state index is 0.0574. The molecule has 0 aliphatic carbocycles. The van der Waals surface area contributed by atoms with Gasteiger partial charge >= 0.3 is 0 Å². The summed E-state index contributed by atoms with van der Waals surface area (Å²) in [6.45, 7) is -0.561. The number of nitrogens with zero attached hydrogens (tertiary/aromatic N) is 2. The molecule has 1 heterocycles. The van der Waals surface area contributed by atoms with Gasteiger partial charge in [0.25, 0.3) is 10.1 Å². The van der Waals surface area contributed by atoms with Crippen LogP contribution in [0.2, 0.25) is 5.28 Å². The number of ether oxygens (including phenoxy) is 1. The Bertz CT molecular complexity index is 915. The van der Waals surface area contributed by atoms with E-state index >= 15 is 0 Å². The minimum atomic E-state index is -4.07. The third kappa shape index (κ3) is 5.19. The van der Waals surface area contributed by atoms with E-state index in [-0.39, 0.29) is 22.9 Å². The van der Waals surface area contributed by atoms with Gasteiger partial charge in [-0.15, -0.1) is 0 Å². The molecule has 0 saturated heterocycles. The third-order valence-corrected chi connectivity index (χ3v) is 3.79. The van der Waals surface area contributed by atoms with E-state index in [2.05, 4.69) is 15.3 Å². The predicted octanol–water partition coefficient (Wildman–Crippen LogP) is 2.69. The molecule has 0 aliphatic heterocycles. The van der Waals surface area contributed by atoms with Crippen molar-refractivity contribution in [1.82, 2.24) is 9.97 Å². The highest BCUT2D eigenvalue weighted by molar-refractivity contribution is 7.86. The van der Waals surface area contributed by atoms with Gasteiger partial charge in [-0.3, -0.25) is 4.18 Å². The van der Waals surface area contributed by atoms with Crippen LogP contribution in [0.5, 0.6) is 5.75 Å². The molecule has 2 aromatic rings. The summed E-state index contributed by atoms with van der Waals surface area (Å²) in [5.74, 6) is -3.75. The molecule has 0 saturated carbocycles. The zero-order valence-electron chi connectivity index (χ0n) is 13.5. The van der Waals surface area contributed by atoms with Crippen LogP contribution in [0.1, 0.15) is 11.7 Å². The van der Waals surface area contributed by atoms with Gasteiger partial charge in [-0.2, -0.15) is 13.4 Å². The van der Waals surface area contributed by atoms with E-state index < -0.39 is 45.8 Å². The fourth-order valence-corrected chi connectivity index (χ4v) is 2.68. The van der Waals surface area contributed by atoms with Crippen LogP contribution in [0.3, 0.4) is 0 Å². The van der Waals surface area contributed by atoms with Gasteiger partial charge in [0, 0.05) is 18.7 Å². The van der Waals surface area contributed by atoms with Crippen LogP contribution in [0, 0.1) is 17.5 Å². The van der Waals surface area contributed by atoms with Crippen LogP contribution in [0.4, 0.5) is 19.0 Å². The van der Waals surface area contributed by atoms with E-state index in [9.17, 15) is 21.6 Å². The molecule has 1 atom stereocenters. The Kier molecular flexibility index (Phi) is 6.26. The third-order valence-electron chi connectivity index (χ3n) is 3.03. The molecular weight excluding hydrogens is 399 g/mol. The van der Waals surface area contributed by atoms with Crippen LogP contribution in [-0.2, 0) is 14.3 Å². The maximum absolute atomic E-state index is 14.0. The molecule has 1 aromatic carbocycles. The predicted molar refractivity (Wildman–Crippen MR) is 87.1 cm³/mol. The molecule has 12 heteroatoms. The van der Waals surface area contributed by atoms with Gasteiger partial charge in [0.2, 0.25) is 5.28 Å². The van der Waals surface area contributed by atoms with Crippen molar-refractivity contribution in [1.29, 1.82) is 0 Å². The molecule has 1 aromatic heterocycles. The lowest BCUT2D eigenvalue weighted by molar-refractivity contribution is 0.133. The summed E-state index contributed by atoms with van der Waals surface area (Å²) in [7, 11) is -2.55. The fourth-order valence-electron chi connectivity index (χ4n) is 1.96. The molecule has 2 rings (SSSR count). The van der Waals surface area contributed by atoms with E-state index in [4.69, 9.17) is 20.5 Å². The number of rotatable bonds is 7. The average Bonchev–Trinajstić information content (AvgIpc) is 2.54. The highest BCUT2D eigenvalue weighted by Gasteiger charge is 2.25. The molecule has 0 fully saturated rings. The maximum Gasteiger partial charge on any atom is 0.265 e. The Morgan fingerprint density at radius 3 is 2.50 bits per heavy atom. The zero-order chi connectivity index (χ0) is 19.5. The van der Waals surface area contributed by atoms with Gasteiger partial charge in [-0.05, 0) is 17.7 Å². The topological polar surface area (TPSA) is 90.4 Å². The molecule has 0 amide bonds. The molecule has 0 spiro atoms. The number of anilines is 1. The summed E-state index contributed by atoms with van der Waals surface area (Å²) in [4.78, 5) is 7.54. The Balaban J connectivity index is 2.33. The summed E-state index contributed by atoms with van der Waals surface area (Å²) >= 11 is 5.65. The first kappa shape index (κ1) is 20.2. The average molecular weight is 412 g/mol. The Morgan fingerprint density at radius 1 is 1.23 bits per heavy atom. The largest absolute Gasteiger partial charge is 0.485 e. The van der Waals surface area contributed by atoms with Crippen LogP contribution >= 0.6 is 11.6 Å². The fraction of sp³-hybridized carbons (Fsp3) is 0.286. The first-order valence-electron chi connectivity index (χ1n) is 6.96. The normalized spacial score (nSPS) is 12.7. The Morgan fingerprint density at radius 2 is 1.88 bits per heavy atom. The Labute approximate surface area is 152 Å². The van der Waals surface area contributed by atoms with Crippen LogP contribution in [0.15, 0.2) is 18.3 Å². The number of halogens is 4. The first-order chi connectivity index (χ1) is 12.1. The second kappa shape index (κ2) is 8.06. The number of aromatic nitrogens is 2. The number of hydrogen-bond donors (Lipinski definition) is 1. The molecule has 0 aliphatic rings. The van der Waals surface area contributed by atoms with E-state index in [1.54, 1.807) is 0 Å². The van der Waals surface area contributed by atoms with Gasteiger partial charge in [0.05, 0.1) is 12.5 Å². The SMILES string of the molecule is CNc1nc(Cl)ncc1OCC(OS(C)(=O)=O)c1cc(F)c(F)cc1F. The molecule has 0 radical (unpaired) electrons. The quantitative estimate of drug-likeness (QED) is 0.425. The first-order valence-corrected chi connectivity index (χ1v) is 9.16. The molecule has 142 valence electrons. The second-order valence-electron chi connectivity index (χ2n) is 4.99. The van der Waals surface area contributed by atoms with Crippen molar-refractivity contribution in [3.05, 3.63) is 46.6 Å². The lowest BCUT2D eigenvalue weighted by Gasteiger charge is -2.19. The van der Waals surface area contributed by atoms with Crippen molar-refractivity contribution in [2.45, 2.75) is 6.10 Å². The second-order valence-corrected chi connectivity index (χ2v) is 6.93. The van der Waals surface area contributed by atoms with E-state index in [1.165, 1.54) is 13.2 Å². The highest BCUT2D eigenvalue weighted by atomic mass is 35.5. The van der Waals surface area contributed by atoms with Crippen molar-refractivity contribution in [2.24, 2.45) is 0 Å². The van der Waals surface area contributed by atoms with Crippen LogP contribution in [0.25, 0.3) is 0 Å². The Hall–Kier alpha value is -2.11. The summed E-state index contributed by atoms with van der Waals surface area (Å²) in [6.07, 6.45) is 0.336. The summed E-state index contributed by atoms with van der Waals surface area (Å²) < 4.78 is 73.5. The lowest BCUT2D eigenvalue weighted by atomic mass is 10.1. The lowest BCUT2D eigenvalue weighted by Crippen LogP contribution is -2.19. The van der Waals surface area contributed by atoms with Crippen molar-refractivity contribution in [3.8, 4) is 5.75 Å². The van der Waals surface area contributed by atoms with Gasteiger partial charge in [-0.25, -0.2) is 18.2 Å². The summed E-state index contributed by atoms with van der Waals surface area (Å²) in [5, 5.41) is 2.60. The monoisotopic (exact) mass is 411 g/mol. The van der Waals surface area contributed by atoms with Crippen molar-refractivity contribution in [2.75, 3.05) is 25.2 Å². The van der Waals surface area contributed by atoms with Crippen LogP contribution in [-0.4, -0.2) is 38.3 Å². The van der Waals surface area contributed by atoms with Gasteiger partial charge in [0.1, 0.15) is 18.5 Å². The number of benzene rings is 1. The van der Waals surface area contributed by atoms with E-state index in [1.807, 2.05) is 0 Å². The van der Waals surface area contributed by atoms with Crippen molar-refractivity contribution in [3.63, 3.8) is 0 Å². The summed E-state index contributed by atoms with van der Waals surface area (Å²) in [6, 6.07) is 0.787. The molecule has 26 heavy (non-hydrogen) atoms. The summed E-state index contributed by atoms with van der Waals surface area (Å²) in [5.41, 5.74) is -0.532. The van der Waals surface area contributed by atoms with Crippen molar-refractivity contribution < 1.29 is 30.5 Å². The zero-order valence-corrected chi connectivity index (χ0v) is 15.0. The van der Waals surface area contributed by atoms with Crippen molar-refractivity contribution >= 4 is 27.5 Å². The van der Waals surface area contributed by atoms with Crippen LogP contribution < -0.4 is 10.1 Å². The van der Waals surface area contributed by atoms with Gasteiger partial charge < -0.3 is 10.1 Å². The number of hydrogen-bond acceptors (Lipinski definition) is 7. The smallest absolute Gasteiger partial charge is 0.265 e. The molecule has 1 N–H and O–H groups in total. The molecule has 7 nitrogen and oxygen atoms in total. The molecular formula is C14H13ClF3N3O4S. The highest BCUT2D eigenvalue weighted by Crippen LogP contribution is 2.28.